The first kappa shape index (κ1) is 10.7. The van der Waals surface area contributed by atoms with E-state index >= 15 is 0 Å². The van der Waals surface area contributed by atoms with Gasteiger partial charge in [0.1, 0.15) is 5.78 Å². The van der Waals surface area contributed by atoms with E-state index in [4.69, 9.17) is 5.11 Å². The van der Waals surface area contributed by atoms with E-state index in [1.54, 1.807) is 6.92 Å². The van der Waals surface area contributed by atoms with Crippen molar-refractivity contribution in [1.29, 1.82) is 0 Å². The van der Waals surface area contributed by atoms with E-state index in [-0.39, 0.29) is 12.4 Å². The lowest BCUT2D eigenvalue weighted by molar-refractivity contribution is -0.118. The normalized spacial score (nSPS) is 23.7. The number of Topliss-reactive ketones (excluding diaryl/α,β-unsaturated/α-hetero) is 1. The Morgan fingerprint density at radius 1 is 1.62 bits per heavy atom. The fourth-order valence-electron chi connectivity index (χ4n) is 2.04. The highest BCUT2D eigenvalue weighted by atomic mass is 16.2. The monoisotopic (exact) mass is 185 g/mol. The summed E-state index contributed by atoms with van der Waals surface area (Å²) in [6.07, 6.45) is 4.28. The average molecular weight is 185 g/mol. The molecule has 76 valence electrons. The molecule has 0 radical (unpaired) electrons. The molecule has 0 saturated carbocycles. The molecule has 0 aromatic heterocycles. The van der Waals surface area contributed by atoms with Crippen LogP contribution in [0.5, 0.6) is 0 Å². The van der Waals surface area contributed by atoms with Crippen molar-refractivity contribution < 1.29 is 9.90 Å². The summed E-state index contributed by atoms with van der Waals surface area (Å²) in [4.78, 5) is 13.2. The van der Waals surface area contributed by atoms with Crippen LogP contribution < -0.4 is 0 Å². The first-order valence-electron chi connectivity index (χ1n) is 5.08. The van der Waals surface area contributed by atoms with Crippen molar-refractivity contribution in [3.8, 4) is 0 Å². The molecule has 1 atom stereocenters. The SMILES string of the molecule is CC(=O)CN1CCCC1CCCO. The molecule has 1 N–H and O–H groups in total. The number of likely N-dealkylation sites (tertiary alicyclic amines) is 1. The first-order valence-corrected chi connectivity index (χ1v) is 5.08. The second-order valence-corrected chi connectivity index (χ2v) is 3.83. The van der Waals surface area contributed by atoms with Crippen molar-refractivity contribution in [2.75, 3.05) is 19.7 Å². The van der Waals surface area contributed by atoms with E-state index in [0.29, 0.717) is 12.6 Å². The summed E-state index contributed by atoms with van der Waals surface area (Å²) in [6.45, 7) is 3.55. The molecule has 3 heteroatoms. The third-order valence-electron chi connectivity index (χ3n) is 2.62. The van der Waals surface area contributed by atoms with Crippen LogP contribution in [0.15, 0.2) is 0 Å². The maximum atomic E-state index is 10.9. The van der Waals surface area contributed by atoms with Crippen molar-refractivity contribution in [3.63, 3.8) is 0 Å². The number of hydrogen-bond acceptors (Lipinski definition) is 3. The van der Waals surface area contributed by atoms with Crippen LogP contribution in [0.1, 0.15) is 32.6 Å². The third kappa shape index (κ3) is 3.44. The Hall–Kier alpha value is -0.410. The molecule has 1 rings (SSSR count). The number of rotatable bonds is 5. The molecule has 0 aromatic carbocycles. The second-order valence-electron chi connectivity index (χ2n) is 3.83. The molecule has 1 unspecified atom stereocenters. The largest absolute Gasteiger partial charge is 0.396 e. The molecule has 0 amide bonds. The molecule has 1 fully saturated rings. The number of aliphatic hydroxyl groups excluding tert-OH is 1. The van der Waals surface area contributed by atoms with Gasteiger partial charge in [-0.2, -0.15) is 0 Å². The van der Waals surface area contributed by atoms with Crippen LogP contribution in [0.3, 0.4) is 0 Å². The predicted molar refractivity (Wildman–Crippen MR) is 51.6 cm³/mol. The van der Waals surface area contributed by atoms with E-state index in [1.165, 1.54) is 12.8 Å². The van der Waals surface area contributed by atoms with Gasteiger partial charge >= 0.3 is 0 Å². The minimum Gasteiger partial charge on any atom is -0.396 e. The molecular formula is C10H19NO2. The van der Waals surface area contributed by atoms with Gasteiger partial charge in [0.05, 0.1) is 6.54 Å². The van der Waals surface area contributed by atoms with Crippen molar-refractivity contribution in [2.24, 2.45) is 0 Å². The van der Waals surface area contributed by atoms with Crippen molar-refractivity contribution >= 4 is 5.78 Å². The molecule has 1 saturated heterocycles. The summed E-state index contributed by atoms with van der Waals surface area (Å²) in [5, 5.41) is 8.71. The Bertz CT molecular complexity index is 170. The van der Waals surface area contributed by atoms with Gasteiger partial charge in [-0.3, -0.25) is 9.69 Å². The molecule has 1 aliphatic rings. The topological polar surface area (TPSA) is 40.5 Å². The van der Waals surface area contributed by atoms with Crippen LogP contribution in [-0.4, -0.2) is 41.5 Å². The van der Waals surface area contributed by atoms with Gasteiger partial charge in [-0.05, 0) is 39.2 Å². The number of hydrogen-bond donors (Lipinski definition) is 1. The lowest BCUT2D eigenvalue weighted by atomic mass is 10.1. The Balaban J connectivity index is 2.30. The summed E-state index contributed by atoms with van der Waals surface area (Å²) in [7, 11) is 0. The van der Waals surface area contributed by atoms with Crippen LogP contribution in [0.25, 0.3) is 0 Å². The van der Waals surface area contributed by atoms with Gasteiger partial charge in [0.15, 0.2) is 0 Å². The Morgan fingerprint density at radius 2 is 2.38 bits per heavy atom. The second kappa shape index (κ2) is 5.35. The van der Waals surface area contributed by atoms with Gasteiger partial charge in [0.2, 0.25) is 0 Å². The van der Waals surface area contributed by atoms with Gasteiger partial charge in [-0.1, -0.05) is 0 Å². The van der Waals surface area contributed by atoms with Crippen LogP contribution in [0.2, 0.25) is 0 Å². The zero-order chi connectivity index (χ0) is 9.68. The molecule has 0 spiro atoms. The zero-order valence-corrected chi connectivity index (χ0v) is 8.33. The number of carbonyl (C=O) groups is 1. The van der Waals surface area contributed by atoms with Crippen molar-refractivity contribution in [1.82, 2.24) is 4.90 Å². The Labute approximate surface area is 79.7 Å². The van der Waals surface area contributed by atoms with Gasteiger partial charge in [0.25, 0.3) is 0 Å². The van der Waals surface area contributed by atoms with E-state index in [0.717, 1.165) is 19.4 Å². The van der Waals surface area contributed by atoms with Crippen LogP contribution in [0.4, 0.5) is 0 Å². The smallest absolute Gasteiger partial charge is 0.143 e. The summed E-state index contributed by atoms with van der Waals surface area (Å²) in [5.41, 5.74) is 0. The van der Waals surface area contributed by atoms with Crippen LogP contribution in [0, 0.1) is 0 Å². The molecule has 1 aliphatic heterocycles. The zero-order valence-electron chi connectivity index (χ0n) is 8.33. The Morgan fingerprint density at radius 3 is 3.00 bits per heavy atom. The molecule has 3 nitrogen and oxygen atoms in total. The van der Waals surface area contributed by atoms with Crippen molar-refractivity contribution in [3.05, 3.63) is 0 Å². The van der Waals surface area contributed by atoms with Gasteiger partial charge < -0.3 is 5.11 Å². The van der Waals surface area contributed by atoms with E-state index < -0.39 is 0 Å². The van der Waals surface area contributed by atoms with E-state index in [9.17, 15) is 4.79 Å². The minimum atomic E-state index is 0.246. The maximum absolute atomic E-state index is 10.9. The third-order valence-corrected chi connectivity index (χ3v) is 2.62. The van der Waals surface area contributed by atoms with Gasteiger partial charge in [0, 0.05) is 12.6 Å². The molecule has 0 aliphatic carbocycles. The molecular weight excluding hydrogens is 166 g/mol. The fourth-order valence-corrected chi connectivity index (χ4v) is 2.04. The highest BCUT2D eigenvalue weighted by Gasteiger charge is 2.24. The molecule has 13 heavy (non-hydrogen) atoms. The Kier molecular flexibility index (Phi) is 4.39. The fraction of sp³-hybridized carbons (Fsp3) is 0.900. The number of aliphatic hydroxyl groups is 1. The number of ketones is 1. The summed E-state index contributed by atoms with van der Waals surface area (Å²) in [6, 6.07) is 0.538. The first-order chi connectivity index (χ1) is 6.24. The number of nitrogens with zero attached hydrogens (tertiary/aromatic N) is 1. The summed E-state index contributed by atoms with van der Waals surface area (Å²) in [5.74, 6) is 0.246. The average Bonchev–Trinajstić information content (AvgIpc) is 2.48. The summed E-state index contributed by atoms with van der Waals surface area (Å²) >= 11 is 0. The lowest BCUT2D eigenvalue weighted by Gasteiger charge is -2.22. The van der Waals surface area contributed by atoms with E-state index in [1.807, 2.05) is 0 Å². The quantitative estimate of drug-likeness (QED) is 0.689. The molecule has 1 heterocycles. The van der Waals surface area contributed by atoms with Crippen molar-refractivity contribution in [2.45, 2.75) is 38.6 Å². The maximum Gasteiger partial charge on any atom is 0.143 e. The van der Waals surface area contributed by atoms with Gasteiger partial charge in [-0.25, -0.2) is 0 Å². The molecule has 0 bridgehead atoms. The summed E-state index contributed by atoms with van der Waals surface area (Å²) < 4.78 is 0. The highest BCUT2D eigenvalue weighted by Crippen LogP contribution is 2.20. The lowest BCUT2D eigenvalue weighted by Crippen LogP contribution is -2.33. The van der Waals surface area contributed by atoms with Crippen LogP contribution in [-0.2, 0) is 4.79 Å². The predicted octanol–water partition coefficient (Wildman–Crippen LogP) is 0.812. The number of carbonyl (C=O) groups excluding carboxylic acids is 1. The van der Waals surface area contributed by atoms with Gasteiger partial charge in [-0.15, -0.1) is 0 Å². The minimum absolute atomic E-state index is 0.246. The van der Waals surface area contributed by atoms with Crippen LogP contribution >= 0.6 is 0 Å². The molecule has 0 aromatic rings. The standard InChI is InChI=1S/C10H19NO2/c1-9(13)8-11-6-2-4-10(11)5-3-7-12/h10,12H,2-8H2,1H3. The van der Waals surface area contributed by atoms with E-state index in [2.05, 4.69) is 4.90 Å². The highest BCUT2D eigenvalue weighted by molar-refractivity contribution is 5.77.